The number of rotatable bonds is 1. The van der Waals surface area contributed by atoms with Crippen LogP contribution in [0.3, 0.4) is 0 Å². The van der Waals surface area contributed by atoms with Crippen molar-refractivity contribution in [1.82, 2.24) is 4.98 Å². The number of benzene rings is 1. The summed E-state index contributed by atoms with van der Waals surface area (Å²) in [4.78, 5) is 9.15. The molecule has 21 heavy (non-hydrogen) atoms. The van der Waals surface area contributed by atoms with Crippen LogP contribution in [-0.2, 0) is 0 Å². The Morgan fingerprint density at radius 1 is 1.14 bits per heavy atom. The average Bonchev–Trinajstić information content (AvgIpc) is 2.55. The minimum absolute atomic E-state index is 0.541. The van der Waals surface area contributed by atoms with Gasteiger partial charge in [0.15, 0.2) is 5.17 Å². The van der Waals surface area contributed by atoms with Crippen LogP contribution in [0.15, 0.2) is 41.7 Å². The lowest BCUT2D eigenvalue weighted by molar-refractivity contribution is 0.336. The molecule has 4 heteroatoms. The van der Waals surface area contributed by atoms with E-state index in [0.29, 0.717) is 6.04 Å². The third-order valence-corrected chi connectivity index (χ3v) is 5.58. The van der Waals surface area contributed by atoms with Crippen molar-refractivity contribution >= 4 is 33.4 Å². The number of nitrogens with one attached hydrogen (secondary N) is 1. The standard InChI is InChI=1S/C17H19N3S/c1-2-6-15-13(4-1)11-21-17(19-15)20-16-7-3-5-12-10-18-9-8-14(12)16/h3,5,7-10,13,15H,1-2,4,6,11H2,(H,19,20). The van der Waals surface area contributed by atoms with Gasteiger partial charge in [0.2, 0.25) is 0 Å². The van der Waals surface area contributed by atoms with Crippen molar-refractivity contribution < 1.29 is 0 Å². The lowest BCUT2D eigenvalue weighted by Gasteiger charge is -2.32. The minimum atomic E-state index is 0.541. The maximum atomic E-state index is 4.96. The smallest absolute Gasteiger partial charge is 0.161 e. The van der Waals surface area contributed by atoms with Gasteiger partial charge in [0, 0.05) is 34.6 Å². The predicted octanol–water partition coefficient (Wildman–Crippen LogP) is 4.31. The molecule has 0 bridgehead atoms. The molecule has 1 fully saturated rings. The van der Waals surface area contributed by atoms with Crippen LogP contribution >= 0.6 is 11.8 Å². The summed E-state index contributed by atoms with van der Waals surface area (Å²) in [5, 5.41) is 7.00. The molecule has 2 aromatic rings. The van der Waals surface area contributed by atoms with Crippen molar-refractivity contribution in [3.63, 3.8) is 0 Å². The molecular weight excluding hydrogens is 278 g/mol. The van der Waals surface area contributed by atoms with Crippen molar-refractivity contribution in [2.24, 2.45) is 10.9 Å². The summed E-state index contributed by atoms with van der Waals surface area (Å²) in [5.41, 5.74) is 1.13. The number of nitrogens with zero attached hydrogens (tertiary/aromatic N) is 2. The van der Waals surface area contributed by atoms with Gasteiger partial charge in [-0.05, 0) is 30.9 Å². The Morgan fingerprint density at radius 3 is 3.10 bits per heavy atom. The van der Waals surface area contributed by atoms with E-state index in [2.05, 4.69) is 34.6 Å². The maximum Gasteiger partial charge on any atom is 0.161 e. The number of aromatic nitrogens is 1. The van der Waals surface area contributed by atoms with Crippen LogP contribution in [0.2, 0.25) is 0 Å². The number of thioether (sulfide) groups is 1. The van der Waals surface area contributed by atoms with Crippen LogP contribution in [0.5, 0.6) is 0 Å². The molecule has 2 heterocycles. The van der Waals surface area contributed by atoms with Crippen molar-refractivity contribution in [2.75, 3.05) is 11.1 Å². The van der Waals surface area contributed by atoms with E-state index < -0.39 is 0 Å². The van der Waals surface area contributed by atoms with Crippen LogP contribution in [0, 0.1) is 5.92 Å². The van der Waals surface area contributed by atoms with Gasteiger partial charge in [-0.1, -0.05) is 36.7 Å². The normalized spacial score (nSPS) is 25.2. The molecule has 1 aliphatic carbocycles. The fourth-order valence-electron chi connectivity index (χ4n) is 3.34. The van der Waals surface area contributed by atoms with E-state index in [4.69, 9.17) is 4.99 Å². The van der Waals surface area contributed by atoms with Gasteiger partial charge in [0.25, 0.3) is 0 Å². The lowest BCUT2D eigenvalue weighted by atomic mass is 9.86. The highest BCUT2D eigenvalue weighted by Gasteiger charge is 2.29. The lowest BCUT2D eigenvalue weighted by Crippen LogP contribution is -2.31. The van der Waals surface area contributed by atoms with Gasteiger partial charge < -0.3 is 5.32 Å². The summed E-state index contributed by atoms with van der Waals surface area (Å²) in [6, 6.07) is 8.90. The largest absolute Gasteiger partial charge is 0.334 e. The molecule has 1 N–H and O–H groups in total. The summed E-state index contributed by atoms with van der Waals surface area (Å²) in [7, 11) is 0. The van der Waals surface area contributed by atoms with E-state index in [0.717, 1.165) is 16.8 Å². The van der Waals surface area contributed by atoms with Crippen LogP contribution in [0.4, 0.5) is 5.69 Å². The highest BCUT2D eigenvalue weighted by molar-refractivity contribution is 8.14. The van der Waals surface area contributed by atoms with E-state index in [1.807, 2.05) is 24.2 Å². The molecule has 0 amide bonds. The fraction of sp³-hybridized carbons (Fsp3) is 0.412. The molecule has 0 radical (unpaired) electrons. The van der Waals surface area contributed by atoms with Crippen molar-refractivity contribution in [2.45, 2.75) is 31.7 Å². The number of fused-ring (bicyclic) bond motifs is 2. The average molecular weight is 297 g/mol. The Balaban J connectivity index is 1.61. The molecule has 1 aromatic heterocycles. The maximum absolute atomic E-state index is 4.96. The van der Waals surface area contributed by atoms with E-state index >= 15 is 0 Å². The van der Waals surface area contributed by atoms with E-state index in [-0.39, 0.29) is 0 Å². The molecule has 1 aromatic carbocycles. The molecule has 0 saturated heterocycles. The second-order valence-corrected chi connectivity index (χ2v) is 6.89. The zero-order valence-electron chi connectivity index (χ0n) is 12.0. The number of amidine groups is 1. The summed E-state index contributed by atoms with van der Waals surface area (Å²) >= 11 is 1.88. The highest BCUT2D eigenvalue weighted by atomic mass is 32.2. The Hall–Kier alpha value is -1.55. The minimum Gasteiger partial charge on any atom is -0.334 e. The second kappa shape index (κ2) is 5.68. The SMILES string of the molecule is c1cc(NC2=NC3CCCCC3CS2)c2ccncc2c1. The fourth-order valence-corrected chi connectivity index (χ4v) is 4.49. The number of pyridine rings is 1. The van der Waals surface area contributed by atoms with Gasteiger partial charge in [-0.25, -0.2) is 0 Å². The number of hydrogen-bond acceptors (Lipinski definition) is 4. The monoisotopic (exact) mass is 297 g/mol. The number of aliphatic imine (C=N–C) groups is 1. The zero-order valence-corrected chi connectivity index (χ0v) is 12.8. The van der Waals surface area contributed by atoms with Crippen LogP contribution in [-0.4, -0.2) is 21.9 Å². The Bertz CT molecular complexity index is 677. The number of hydrogen-bond donors (Lipinski definition) is 1. The van der Waals surface area contributed by atoms with Gasteiger partial charge >= 0.3 is 0 Å². The molecule has 0 spiro atoms. The topological polar surface area (TPSA) is 37.3 Å². The van der Waals surface area contributed by atoms with Crippen LogP contribution in [0.25, 0.3) is 10.8 Å². The Morgan fingerprint density at radius 2 is 2.10 bits per heavy atom. The van der Waals surface area contributed by atoms with Crippen molar-refractivity contribution in [3.8, 4) is 0 Å². The Labute approximate surface area is 129 Å². The highest BCUT2D eigenvalue weighted by Crippen LogP contribution is 2.35. The molecule has 2 atom stereocenters. The molecular formula is C17H19N3S. The van der Waals surface area contributed by atoms with Crippen molar-refractivity contribution in [1.29, 1.82) is 0 Å². The van der Waals surface area contributed by atoms with E-state index in [9.17, 15) is 0 Å². The first-order valence-electron chi connectivity index (χ1n) is 7.70. The number of anilines is 1. The predicted molar refractivity (Wildman–Crippen MR) is 91.0 cm³/mol. The van der Waals surface area contributed by atoms with Gasteiger partial charge in [-0.2, -0.15) is 0 Å². The van der Waals surface area contributed by atoms with Gasteiger partial charge in [-0.15, -0.1) is 0 Å². The van der Waals surface area contributed by atoms with Crippen molar-refractivity contribution in [3.05, 3.63) is 36.7 Å². The molecule has 1 saturated carbocycles. The van der Waals surface area contributed by atoms with Crippen LogP contribution in [0.1, 0.15) is 25.7 Å². The molecule has 2 aliphatic rings. The van der Waals surface area contributed by atoms with Gasteiger partial charge in [-0.3, -0.25) is 9.98 Å². The first-order chi connectivity index (χ1) is 10.4. The van der Waals surface area contributed by atoms with Gasteiger partial charge in [0.05, 0.1) is 6.04 Å². The summed E-state index contributed by atoms with van der Waals surface area (Å²) < 4.78 is 0. The first-order valence-corrected chi connectivity index (χ1v) is 8.69. The summed E-state index contributed by atoms with van der Waals surface area (Å²) in [5.74, 6) is 2.01. The van der Waals surface area contributed by atoms with E-state index in [1.165, 1.54) is 42.2 Å². The Kier molecular flexibility index (Phi) is 3.55. The van der Waals surface area contributed by atoms with Crippen LogP contribution < -0.4 is 5.32 Å². The quantitative estimate of drug-likeness (QED) is 0.852. The first kappa shape index (κ1) is 13.1. The third-order valence-electron chi connectivity index (χ3n) is 4.51. The molecule has 4 rings (SSSR count). The summed E-state index contributed by atoms with van der Waals surface area (Å²) in [6.07, 6.45) is 9.09. The van der Waals surface area contributed by atoms with E-state index in [1.54, 1.807) is 0 Å². The zero-order chi connectivity index (χ0) is 14.1. The molecule has 1 aliphatic heterocycles. The summed E-state index contributed by atoms with van der Waals surface area (Å²) in [6.45, 7) is 0. The van der Waals surface area contributed by atoms with Gasteiger partial charge in [0.1, 0.15) is 0 Å². The molecule has 3 nitrogen and oxygen atoms in total. The second-order valence-electron chi connectivity index (χ2n) is 5.88. The molecule has 2 unspecified atom stereocenters. The third kappa shape index (κ3) is 2.64. The molecule has 108 valence electrons.